The summed E-state index contributed by atoms with van der Waals surface area (Å²) >= 11 is 0. The minimum absolute atomic E-state index is 0.0921. The molecule has 0 unspecified atom stereocenters. The van der Waals surface area contributed by atoms with Crippen molar-refractivity contribution in [3.05, 3.63) is 120 Å². The van der Waals surface area contributed by atoms with Gasteiger partial charge in [-0.15, -0.1) is 0 Å². The zero-order valence-corrected chi connectivity index (χ0v) is 22.7. The molecule has 2 heteroatoms. The zero-order valence-electron chi connectivity index (χ0n) is 22.7. The molecule has 190 valence electrons. The predicted molar refractivity (Wildman–Crippen MR) is 163 cm³/mol. The van der Waals surface area contributed by atoms with E-state index in [0.29, 0.717) is 0 Å². The highest BCUT2D eigenvalue weighted by Crippen LogP contribution is 2.50. The molecule has 6 aromatic carbocycles. The number of rotatable bonds is 4. The highest BCUT2D eigenvalue weighted by Gasteiger charge is 2.35. The summed E-state index contributed by atoms with van der Waals surface area (Å²) in [5, 5.41) is 4.81. The van der Waals surface area contributed by atoms with Gasteiger partial charge in [0.05, 0.1) is 14.2 Å². The van der Waals surface area contributed by atoms with Gasteiger partial charge in [0.15, 0.2) is 0 Å². The van der Waals surface area contributed by atoms with Gasteiger partial charge in [0.1, 0.15) is 11.5 Å². The van der Waals surface area contributed by atoms with Gasteiger partial charge in [-0.25, -0.2) is 0 Å². The molecule has 0 atom stereocenters. The third-order valence-electron chi connectivity index (χ3n) is 8.44. The van der Waals surface area contributed by atoms with Crippen LogP contribution in [0.5, 0.6) is 11.5 Å². The largest absolute Gasteiger partial charge is 0.497 e. The average Bonchev–Trinajstić information content (AvgIpc) is 3.21. The summed E-state index contributed by atoms with van der Waals surface area (Å²) in [7, 11) is 3.42. The minimum atomic E-state index is -0.0921. The van der Waals surface area contributed by atoms with E-state index in [1.54, 1.807) is 14.2 Å². The third-order valence-corrected chi connectivity index (χ3v) is 8.44. The van der Waals surface area contributed by atoms with Gasteiger partial charge in [-0.05, 0) is 115 Å². The van der Waals surface area contributed by atoms with Crippen LogP contribution in [0.1, 0.15) is 25.0 Å². The van der Waals surface area contributed by atoms with Crippen molar-refractivity contribution in [2.24, 2.45) is 0 Å². The Morgan fingerprint density at radius 1 is 0.410 bits per heavy atom. The molecule has 0 spiro atoms. The van der Waals surface area contributed by atoms with E-state index in [1.807, 2.05) is 12.1 Å². The van der Waals surface area contributed by atoms with Gasteiger partial charge in [0, 0.05) is 5.41 Å². The maximum atomic E-state index is 5.40. The topological polar surface area (TPSA) is 18.5 Å². The van der Waals surface area contributed by atoms with Crippen LogP contribution in [0.4, 0.5) is 0 Å². The molecule has 6 aromatic rings. The van der Waals surface area contributed by atoms with Gasteiger partial charge in [-0.3, -0.25) is 0 Å². The Kier molecular flexibility index (Phi) is 5.28. The van der Waals surface area contributed by atoms with E-state index < -0.39 is 0 Å². The second-order valence-electron chi connectivity index (χ2n) is 11.0. The second-order valence-corrected chi connectivity index (χ2v) is 11.0. The Balaban J connectivity index is 1.27. The molecule has 7 rings (SSSR count). The molecule has 1 aliphatic rings. The lowest BCUT2D eigenvalue weighted by molar-refractivity contribution is 0.415. The first-order valence-corrected chi connectivity index (χ1v) is 13.4. The quantitative estimate of drug-likeness (QED) is 0.237. The molecule has 0 saturated carbocycles. The first-order chi connectivity index (χ1) is 18.9. The van der Waals surface area contributed by atoms with Crippen LogP contribution in [0, 0.1) is 0 Å². The highest BCUT2D eigenvalue weighted by molar-refractivity contribution is 5.92. The van der Waals surface area contributed by atoms with Crippen LogP contribution < -0.4 is 9.47 Å². The lowest BCUT2D eigenvalue weighted by atomic mass is 9.80. The Bertz CT molecular complexity index is 1770. The van der Waals surface area contributed by atoms with Crippen LogP contribution in [0.15, 0.2) is 109 Å². The smallest absolute Gasteiger partial charge is 0.119 e. The molecule has 2 nitrogen and oxygen atoms in total. The molecule has 0 fully saturated rings. The van der Waals surface area contributed by atoms with Gasteiger partial charge < -0.3 is 9.47 Å². The molecule has 1 aliphatic carbocycles. The summed E-state index contributed by atoms with van der Waals surface area (Å²) in [5.41, 5.74) is 10.3. The molecule has 0 amide bonds. The molecule has 0 aromatic heterocycles. The number of fused-ring (bicyclic) bond motifs is 5. The molecule has 39 heavy (non-hydrogen) atoms. The number of benzene rings is 6. The van der Waals surface area contributed by atoms with Crippen molar-refractivity contribution >= 4 is 21.5 Å². The fourth-order valence-corrected chi connectivity index (χ4v) is 6.16. The van der Waals surface area contributed by atoms with Crippen LogP contribution >= 0.6 is 0 Å². The summed E-state index contributed by atoms with van der Waals surface area (Å²) in [5.74, 6) is 1.77. The lowest BCUT2D eigenvalue weighted by Gasteiger charge is -2.23. The minimum Gasteiger partial charge on any atom is -0.497 e. The van der Waals surface area contributed by atoms with Gasteiger partial charge in [0.2, 0.25) is 0 Å². The molecular weight excluding hydrogens is 476 g/mol. The Morgan fingerprint density at radius 2 is 0.769 bits per heavy atom. The summed E-state index contributed by atoms with van der Waals surface area (Å²) < 4.78 is 10.8. The Hall–Kier alpha value is -4.56. The second kappa shape index (κ2) is 8.74. The summed E-state index contributed by atoms with van der Waals surface area (Å²) in [6.45, 7) is 4.70. The first-order valence-electron chi connectivity index (χ1n) is 13.4. The number of hydrogen-bond acceptors (Lipinski definition) is 2. The van der Waals surface area contributed by atoms with Crippen molar-refractivity contribution in [2.75, 3.05) is 14.2 Å². The van der Waals surface area contributed by atoms with Gasteiger partial charge in [0.25, 0.3) is 0 Å². The maximum absolute atomic E-state index is 5.40. The first kappa shape index (κ1) is 23.5. The molecule has 0 bridgehead atoms. The van der Waals surface area contributed by atoms with Crippen LogP contribution in [-0.4, -0.2) is 14.2 Å². The van der Waals surface area contributed by atoms with E-state index in [-0.39, 0.29) is 5.41 Å². The van der Waals surface area contributed by atoms with E-state index in [0.717, 1.165) is 11.5 Å². The van der Waals surface area contributed by atoms with Gasteiger partial charge in [-0.2, -0.15) is 0 Å². The summed E-state index contributed by atoms with van der Waals surface area (Å²) in [6.07, 6.45) is 0. The van der Waals surface area contributed by atoms with E-state index in [9.17, 15) is 0 Å². The Labute approximate surface area is 229 Å². The van der Waals surface area contributed by atoms with Crippen LogP contribution in [0.25, 0.3) is 54.9 Å². The van der Waals surface area contributed by atoms with Crippen LogP contribution in [-0.2, 0) is 5.41 Å². The molecular formula is C37H30O2. The molecule has 0 heterocycles. The summed E-state index contributed by atoms with van der Waals surface area (Å²) in [6, 6.07) is 39.8. The van der Waals surface area contributed by atoms with E-state index in [2.05, 4.69) is 111 Å². The van der Waals surface area contributed by atoms with E-state index >= 15 is 0 Å². The predicted octanol–water partition coefficient (Wildman–Crippen LogP) is 9.65. The number of ether oxygens (including phenoxy) is 2. The van der Waals surface area contributed by atoms with Crippen molar-refractivity contribution < 1.29 is 9.47 Å². The normalized spacial score (nSPS) is 13.3. The molecule has 0 aliphatic heterocycles. The lowest BCUT2D eigenvalue weighted by Crippen LogP contribution is -2.15. The van der Waals surface area contributed by atoms with Gasteiger partial charge in [-0.1, -0.05) is 74.5 Å². The van der Waals surface area contributed by atoms with Crippen LogP contribution in [0.2, 0.25) is 0 Å². The molecule has 0 N–H and O–H groups in total. The van der Waals surface area contributed by atoms with Crippen LogP contribution in [0.3, 0.4) is 0 Å². The van der Waals surface area contributed by atoms with Crippen molar-refractivity contribution in [3.63, 3.8) is 0 Å². The Morgan fingerprint density at radius 3 is 1.21 bits per heavy atom. The summed E-state index contributed by atoms with van der Waals surface area (Å²) in [4.78, 5) is 0. The monoisotopic (exact) mass is 506 g/mol. The maximum Gasteiger partial charge on any atom is 0.119 e. The van der Waals surface area contributed by atoms with Gasteiger partial charge >= 0.3 is 0 Å². The fourth-order valence-electron chi connectivity index (χ4n) is 6.16. The highest BCUT2D eigenvalue weighted by atomic mass is 16.5. The standard InChI is InChI=1S/C37H30O2/c1-37(2)35-21-29(23-5-7-27-19-31(38-3)13-9-25(27)17-23)11-15-33(35)34-16-12-30(22-36(34)37)24-6-8-28-20-32(39-4)14-10-26(28)18-24/h5-22H,1-4H3. The molecule has 0 radical (unpaired) electrons. The fraction of sp³-hybridized carbons (Fsp3) is 0.135. The zero-order chi connectivity index (χ0) is 26.7. The van der Waals surface area contributed by atoms with E-state index in [4.69, 9.17) is 9.47 Å². The SMILES string of the molecule is COc1ccc2cc(-c3ccc4c(c3)C(C)(C)c3cc(-c5ccc6cc(OC)ccc6c5)ccc3-4)ccc2c1. The number of methoxy groups -OCH3 is 2. The average molecular weight is 507 g/mol. The van der Waals surface area contributed by atoms with Crippen molar-refractivity contribution in [1.82, 2.24) is 0 Å². The van der Waals surface area contributed by atoms with Crippen molar-refractivity contribution in [3.8, 4) is 44.9 Å². The van der Waals surface area contributed by atoms with E-state index in [1.165, 1.54) is 66.1 Å². The molecule has 0 saturated heterocycles. The number of hydrogen-bond donors (Lipinski definition) is 0. The third kappa shape index (κ3) is 3.79. The van der Waals surface area contributed by atoms with Crippen molar-refractivity contribution in [1.29, 1.82) is 0 Å². The van der Waals surface area contributed by atoms with Crippen molar-refractivity contribution in [2.45, 2.75) is 19.3 Å².